The number of hydrogen-bond donors (Lipinski definition) is 2. The van der Waals surface area contributed by atoms with E-state index in [1.54, 1.807) is 6.07 Å². The lowest BCUT2D eigenvalue weighted by molar-refractivity contribution is -0.384. The zero-order valence-electron chi connectivity index (χ0n) is 14.7. The zero-order valence-corrected chi connectivity index (χ0v) is 15.5. The van der Waals surface area contributed by atoms with Crippen molar-refractivity contribution < 1.29 is 14.5 Å². The first kappa shape index (κ1) is 19.2. The second-order valence-electron chi connectivity index (χ2n) is 5.73. The lowest BCUT2D eigenvalue weighted by atomic mass is 10.2. The van der Waals surface area contributed by atoms with Gasteiger partial charge in [-0.25, -0.2) is 9.66 Å². The summed E-state index contributed by atoms with van der Waals surface area (Å²) in [5, 5.41) is 13.5. The number of fused-ring (bicyclic) bond motifs is 1. The molecule has 28 heavy (non-hydrogen) atoms. The molecule has 0 saturated carbocycles. The second-order valence-corrected chi connectivity index (χ2v) is 6.85. The SMILES string of the molecule is CCc1cc2c(=O)n(NC(=O)CNC(=O)c3cccc([N+](=O)[O-])c3)cnc2s1. The van der Waals surface area contributed by atoms with Gasteiger partial charge in [-0.3, -0.25) is 29.9 Å². The van der Waals surface area contributed by atoms with Crippen LogP contribution in [0.1, 0.15) is 22.2 Å². The van der Waals surface area contributed by atoms with E-state index in [4.69, 9.17) is 0 Å². The molecule has 10 nitrogen and oxygen atoms in total. The normalized spacial score (nSPS) is 10.6. The van der Waals surface area contributed by atoms with E-state index in [1.165, 1.54) is 35.9 Å². The maximum Gasteiger partial charge on any atom is 0.280 e. The molecule has 11 heteroatoms. The summed E-state index contributed by atoms with van der Waals surface area (Å²) < 4.78 is 0.955. The summed E-state index contributed by atoms with van der Waals surface area (Å²) in [5.74, 6) is -1.29. The first-order valence-electron chi connectivity index (χ1n) is 8.21. The summed E-state index contributed by atoms with van der Waals surface area (Å²) in [6.07, 6.45) is 1.98. The van der Waals surface area contributed by atoms with Crippen LogP contribution in [-0.4, -0.2) is 32.9 Å². The number of rotatable bonds is 6. The highest BCUT2D eigenvalue weighted by Gasteiger charge is 2.14. The Balaban J connectivity index is 1.66. The number of carbonyl (C=O) groups is 2. The van der Waals surface area contributed by atoms with E-state index in [0.717, 1.165) is 22.0 Å². The molecule has 144 valence electrons. The van der Waals surface area contributed by atoms with Gasteiger partial charge in [0.25, 0.3) is 23.1 Å². The van der Waals surface area contributed by atoms with Crippen LogP contribution < -0.4 is 16.3 Å². The van der Waals surface area contributed by atoms with Gasteiger partial charge in [0, 0.05) is 22.6 Å². The molecule has 0 bridgehead atoms. The molecule has 0 fully saturated rings. The van der Waals surface area contributed by atoms with E-state index in [2.05, 4.69) is 15.7 Å². The number of benzene rings is 1. The van der Waals surface area contributed by atoms with E-state index in [1.807, 2.05) is 6.92 Å². The van der Waals surface area contributed by atoms with Gasteiger partial charge in [-0.1, -0.05) is 13.0 Å². The van der Waals surface area contributed by atoms with Crippen LogP contribution in [0.15, 0.2) is 41.5 Å². The monoisotopic (exact) mass is 401 g/mol. The number of aryl methyl sites for hydroxylation is 1. The Kier molecular flexibility index (Phi) is 5.45. The number of thiophene rings is 1. The third kappa shape index (κ3) is 4.04. The smallest absolute Gasteiger partial charge is 0.280 e. The fourth-order valence-electron chi connectivity index (χ4n) is 2.42. The Morgan fingerprint density at radius 2 is 2.11 bits per heavy atom. The molecule has 0 saturated heterocycles. The van der Waals surface area contributed by atoms with Crippen LogP contribution in [0, 0.1) is 10.1 Å². The zero-order chi connectivity index (χ0) is 20.3. The van der Waals surface area contributed by atoms with Crippen molar-refractivity contribution in [2.75, 3.05) is 12.0 Å². The molecule has 0 aliphatic rings. The molecule has 0 radical (unpaired) electrons. The number of carbonyl (C=O) groups excluding carboxylic acids is 2. The summed E-state index contributed by atoms with van der Waals surface area (Å²) >= 11 is 1.41. The van der Waals surface area contributed by atoms with Crippen LogP contribution in [0.2, 0.25) is 0 Å². The van der Waals surface area contributed by atoms with Gasteiger partial charge in [0.05, 0.1) is 16.9 Å². The van der Waals surface area contributed by atoms with Crippen LogP contribution in [0.5, 0.6) is 0 Å². The van der Waals surface area contributed by atoms with E-state index in [9.17, 15) is 24.5 Å². The van der Waals surface area contributed by atoms with E-state index in [-0.39, 0.29) is 11.3 Å². The topological polar surface area (TPSA) is 136 Å². The molecule has 0 aliphatic carbocycles. The molecule has 0 atom stereocenters. The highest BCUT2D eigenvalue weighted by Crippen LogP contribution is 2.20. The molecule has 1 aromatic carbocycles. The van der Waals surface area contributed by atoms with Gasteiger partial charge in [-0.15, -0.1) is 11.3 Å². The first-order chi connectivity index (χ1) is 13.4. The highest BCUT2D eigenvalue weighted by molar-refractivity contribution is 7.18. The molecule has 2 N–H and O–H groups in total. The van der Waals surface area contributed by atoms with Crippen molar-refractivity contribution >= 4 is 39.1 Å². The third-order valence-corrected chi connectivity index (χ3v) is 5.01. The van der Waals surface area contributed by atoms with Gasteiger partial charge in [-0.05, 0) is 18.6 Å². The minimum atomic E-state index is -0.648. The van der Waals surface area contributed by atoms with Crippen molar-refractivity contribution in [3.63, 3.8) is 0 Å². The van der Waals surface area contributed by atoms with E-state index < -0.39 is 28.8 Å². The van der Waals surface area contributed by atoms with Crippen molar-refractivity contribution in [1.29, 1.82) is 0 Å². The Morgan fingerprint density at radius 1 is 1.32 bits per heavy atom. The molecule has 3 rings (SSSR count). The summed E-state index contributed by atoms with van der Waals surface area (Å²) in [7, 11) is 0. The van der Waals surface area contributed by atoms with Gasteiger partial charge < -0.3 is 5.32 Å². The van der Waals surface area contributed by atoms with Crippen molar-refractivity contribution in [3.8, 4) is 0 Å². The number of amides is 2. The predicted octanol–water partition coefficient (Wildman–Crippen LogP) is 1.43. The molecule has 2 aromatic heterocycles. The fourth-order valence-corrected chi connectivity index (χ4v) is 3.35. The number of nitro benzene ring substituents is 1. The third-order valence-electron chi connectivity index (χ3n) is 3.83. The van der Waals surface area contributed by atoms with Gasteiger partial charge >= 0.3 is 0 Å². The summed E-state index contributed by atoms with van der Waals surface area (Å²) in [4.78, 5) is 52.4. The number of nitrogens with one attached hydrogen (secondary N) is 2. The standard InChI is InChI=1S/C17H15N5O5S/c1-2-12-7-13-16(28-12)19-9-21(17(13)25)20-14(23)8-18-15(24)10-4-3-5-11(6-10)22(26)27/h3-7,9H,2,8H2,1H3,(H,18,24)(H,20,23). The van der Waals surface area contributed by atoms with Crippen LogP contribution in [-0.2, 0) is 11.2 Å². The number of hydrogen-bond acceptors (Lipinski definition) is 7. The van der Waals surface area contributed by atoms with Crippen molar-refractivity contribution in [1.82, 2.24) is 15.0 Å². The van der Waals surface area contributed by atoms with Gasteiger partial charge in [0.2, 0.25) is 0 Å². The largest absolute Gasteiger partial charge is 0.343 e. The van der Waals surface area contributed by atoms with Crippen LogP contribution in [0.4, 0.5) is 5.69 Å². The molecule has 0 aliphatic heterocycles. The average Bonchev–Trinajstić information content (AvgIpc) is 3.12. The summed E-state index contributed by atoms with van der Waals surface area (Å²) in [6, 6.07) is 6.87. The molecule has 2 amide bonds. The lowest BCUT2D eigenvalue weighted by Crippen LogP contribution is -2.39. The molecule has 0 spiro atoms. The average molecular weight is 401 g/mol. The van der Waals surface area contributed by atoms with Crippen LogP contribution in [0.3, 0.4) is 0 Å². The summed E-state index contributed by atoms with van der Waals surface area (Å²) in [6.45, 7) is 1.55. The van der Waals surface area contributed by atoms with Gasteiger partial charge in [-0.2, -0.15) is 0 Å². The molecule has 2 heterocycles. The fraction of sp³-hybridized carbons (Fsp3) is 0.176. The predicted molar refractivity (Wildman–Crippen MR) is 103 cm³/mol. The number of aromatic nitrogens is 2. The molecular weight excluding hydrogens is 386 g/mol. The minimum absolute atomic E-state index is 0.0487. The van der Waals surface area contributed by atoms with Crippen molar-refractivity contribution in [3.05, 3.63) is 67.6 Å². The van der Waals surface area contributed by atoms with E-state index in [0.29, 0.717) is 10.2 Å². The van der Waals surface area contributed by atoms with Gasteiger partial charge in [0.1, 0.15) is 11.2 Å². The maximum absolute atomic E-state index is 12.4. The highest BCUT2D eigenvalue weighted by atomic mass is 32.1. The van der Waals surface area contributed by atoms with E-state index >= 15 is 0 Å². The van der Waals surface area contributed by atoms with Crippen LogP contribution in [0.25, 0.3) is 10.2 Å². The number of nitrogens with zero attached hydrogens (tertiary/aromatic N) is 3. The Labute approximate surface area is 161 Å². The molecular formula is C17H15N5O5S. The maximum atomic E-state index is 12.4. The number of non-ortho nitro benzene ring substituents is 1. The first-order valence-corrected chi connectivity index (χ1v) is 9.03. The minimum Gasteiger partial charge on any atom is -0.343 e. The second kappa shape index (κ2) is 7.96. The quantitative estimate of drug-likeness (QED) is 0.474. The number of nitro groups is 1. The van der Waals surface area contributed by atoms with Crippen molar-refractivity contribution in [2.45, 2.75) is 13.3 Å². The Bertz CT molecular complexity index is 1140. The lowest BCUT2D eigenvalue weighted by Gasteiger charge is -2.08. The summed E-state index contributed by atoms with van der Waals surface area (Å²) in [5.41, 5.74) is 1.75. The van der Waals surface area contributed by atoms with Crippen LogP contribution >= 0.6 is 11.3 Å². The van der Waals surface area contributed by atoms with Gasteiger partial charge in [0.15, 0.2) is 0 Å². The molecule has 3 aromatic rings. The Hall–Kier alpha value is -3.60. The van der Waals surface area contributed by atoms with Crippen molar-refractivity contribution in [2.24, 2.45) is 0 Å². The Morgan fingerprint density at radius 3 is 2.82 bits per heavy atom. The molecule has 0 unspecified atom stereocenters.